The molecule has 1 N–H and O–H groups in total. The van der Waals surface area contributed by atoms with Gasteiger partial charge in [-0.25, -0.2) is 0 Å². The summed E-state index contributed by atoms with van der Waals surface area (Å²) in [7, 11) is 0. The molecule has 3 aliphatic rings. The number of fused-ring (bicyclic) bond motifs is 2. The summed E-state index contributed by atoms with van der Waals surface area (Å²) in [5.41, 5.74) is 0. The molecular weight excluding hydrogens is 110 g/mol. The summed E-state index contributed by atoms with van der Waals surface area (Å²) in [6, 6.07) is 0.870. The van der Waals surface area contributed by atoms with Gasteiger partial charge in [0, 0.05) is 6.04 Å². The fraction of sp³-hybridized carbons (Fsp3) is 1.00. The van der Waals surface area contributed by atoms with E-state index in [0.29, 0.717) is 0 Å². The molecule has 9 heavy (non-hydrogen) atoms. The molecular formula is C8H15N. The monoisotopic (exact) mass is 125 g/mol. The zero-order valence-corrected chi connectivity index (χ0v) is 6.06. The minimum Gasteiger partial charge on any atom is -0.313 e. The highest BCUT2D eigenvalue weighted by Gasteiger charge is 2.38. The van der Waals surface area contributed by atoms with Crippen molar-refractivity contribution in [1.82, 2.24) is 5.32 Å². The van der Waals surface area contributed by atoms with Gasteiger partial charge in [0.15, 0.2) is 0 Å². The van der Waals surface area contributed by atoms with E-state index in [2.05, 4.69) is 12.2 Å². The van der Waals surface area contributed by atoms with Crippen molar-refractivity contribution >= 4 is 0 Å². The SMILES string of the molecule is CCC1NCC2CC1C2. The molecule has 1 atom stereocenters. The molecule has 1 unspecified atom stereocenters. The lowest BCUT2D eigenvalue weighted by atomic mass is 9.67. The summed E-state index contributed by atoms with van der Waals surface area (Å²) < 4.78 is 0. The molecule has 0 aromatic rings. The molecule has 2 saturated heterocycles. The largest absolute Gasteiger partial charge is 0.313 e. The topological polar surface area (TPSA) is 12.0 Å². The maximum atomic E-state index is 3.57. The van der Waals surface area contributed by atoms with Gasteiger partial charge in [-0.3, -0.25) is 0 Å². The number of piperidine rings is 2. The molecule has 0 amide bonds. The first kappa shape index (κ1) is 5.72. The Labute approximate surface area is 56.8 Å². The Kier molecular flexibility index (Phi) is 1.26. The Morgan fingerprint density at radius 2 is 2.22 bits per heavy atom. The fourth-order valence-electron chi connectivity index (χ4n) is 2.24. The molecule has 52 valence electrons. The minimum atomic E-state index is 0.870. The van der Waals surface area contributed by atoms with Crippen molar-refractivity contribution in [3.8, 4) is 0 Å². The van der Waals surface area contributed by atoms with Crippen molar-refractivity contribution in [3.63, 3.8) is 0 Å². The normalized spacial score (nSPS) is 48.3. The third-order valence-corrected chi connectivity index (χ3v) is 2.95. The lowest BCUT2D eigenvalue weighted by molar-refractivity contribution is 0.0813. The standard InChI is InChI=1S/C8H15N/c1-2-8-7-3-6(4-7)5-9-8/h6-9H,2-5H2,1H3. The van der Waals surface area contributed by atoms with E-state index in [-0.39, 0.29) is 0 Å². The Balaban J connectivity index is 1.94. The number of hydrogen-bond donors (Lipinski definition) is 1. The molecule has 2 aliphatic heterocycles. The molecule has 0 radical (unpaired) electrons. The van der Waals surface area contributed by atoms with Crippen molar-refractivity contribution in [2.24, 2.45) is 11.8 Å². The lowest BCUT2D eigenvalue weighted by Crippen LogP contribution is -2.52. The summed E-state index contributed by atoms with van der Waals surface area (Å²) in [6.07, 6.45) is 4.37. The molecule has 1 nitrogen and oxygen atoms in total. The van der Waals surface area contributed by atoms with E-state index < -0.39 is 0 Å². The number of hydrogen-bond acceptors (Lipinski definition) is 1. The highest BCUT2D eigenvalue weighted by atomic mass is 15.0. The number of nitrogens with one attached hydrogen (secondary N) is 1. The van der Waals surface area contributed by atoms with E-state index in [1.807, 2.05) is 0 Å². The van der Waals surface area contributed by atoms with Crippen LogP contribution in [-0.4, -0.2) is 12.6 Å². The van der Waals surface area contributed by atoms with E-state index in [9.17, 15) is 0 Å². The van der Waals surface area contributed by atoms with Crippen LogP contribution in [0.1, 0.15) is 26.2 Å². The smallest absolute Gasteiger partial charge is 0.00930 e. The first-order valence-electron chi connectivity index (χ1n) is 4.13. The summed E-state index contributed by atoms with van der Waals surface area (Å²) in [6.45, 7) is 3.59. The third kappa shape index (κ3) is 0.787. The molecule has 1 aliphatic carbocycles. The molecule has 2 bridgehead atoms. The summed E-state index contributed by atoms with van der Waals surface area (Å²) in [5, 5.41) is 3.57. The van der Waals surface area contributed by atoms with Crippen LogP contribution in [-0.2, 0) is 0 Å². The van der Waals surface area contributed by atoms with Crippen LogP contribution < -0.4 is 5.32 Å². The third-order valence-electron chi connectivity index (χ3n) is 2.95. The van der Waals surface area contributed by atoms with Crippen LogP contribution in [0.25, 0.3) is 0 Å². The van der Waals surface area contributed by atoms with Gasteiger partial charge in [0.25, 0.3) is 0 Å². The maximum absolute atomic E-state index is 3.57. The first-order chi connectivity index (χ1) is 4.40. The van der Waals surface area contributed by atoms with E-state index in [1.165, 1.54) is 25.8 Å². The first-order valence-corrected chi connectivity index (χ1v) is 4.13. The van der Waals surface area contributed by atoms with Crippen LogP contribution in [0.15, 0.2) is 0 Å². The van der Waals surface area contributed by atoms with Crippen molar-refractivity contribution < 1.29 is 0 Å². The summed E-state index contributed by atoms with van der Waals surface area (Å²) in [4.78, 5) is 0. The highest BCUT2D eigenvalue weighted by molar-refractivity contribution is 4.93. The zero-order chi connectivity index (χ0) is 6.27. The van der Waals surface area contributed by atoms with Gasteiger partial charge < -0.3 is 5.32 Å². The van der Waals surface area contributed by atoms with Gasteiger partial charge in [-0.2, -0.15) is 0 Å². The Morgan fingerprint density at radius 1 is 1.44 bits per heavy atom. The van der Waals surface area contributed by atoms with Crippen LogP contribution in [0, 0.1) is 11.8 Å². The van der Waals surface area contributed by atoms with Crippen LogP contribution in [0.2, 0.25) is 0 Å². The Morgan fingerprint density at radius 3 is 2.56 bits per heavy atom. The van der Waals surface area contributed by atoms with Crippen molar-refractivity contribution in [2.45, 2.75) is 32.2 Å². The summed E-state index contributed by atoms with van der Waals surface area (Å²) in [5.74, 6) is 2.10. The van der Waals surface area contributed by atoms with E-state index in [0.717, 1.165) is 17.9 Å². The molecule has 3 rings (SSSR count). The van der Waals surface area contributed by atoms with Gasteiger partial charge in [-0.15, -0.1) is 0 Å². The lowest BCUT2D eigenvalue weighted by Gasteiger charge is -2.47. The predicted octanol–water partition coefficient (Wildman–Crippen LogP) is 1.39. The predicted molar refractivity (Wildman–Crippen MR) is 38.3 cm³/mol. The molecule has 0 spiro atoms. The maximum Gasteiger partial charge on any atom is 0.00930 e. The molecule has 1 saturated carbocycles. The van der Waals surface area contributed by atoms with Crippen LogP contribution in [0.4, 0.5) is 0 Å². The van der Waals surface area contributed by atoms with Gasteiger partial charge >= 0.3 is 0 Å². The van der Waals surface area contributed by atoms with Crippen LogP contribution in [0.5, 0.6) is 0 Å². The van der Waals surface area contributed by atoms with Crippen LogP contribution >= 0.6 is 0 Å². The van der Waals surface area contributed by atoms with Crippen LogP contribution in [0.3, 0.4) is 0 Å². The van der Waals surface area contributed by atoms with Gasteiger partial charge in [-0.05, 0) is 37.6 Å². The average molecular weight is 125 g/mol. The van der Waals surface area contributed by atoms with E-state index in [4.69, 9.17) is 0 Å². The van der Waals surface area contributed by atoms with E-state index >= 15 is 0 Å². The second-order valence-corrected chi connectivity index (χ2v) is 3.52. The average Bonchev–Trinajstić information content (AvgIpc) is 1.86. The van der Waals surface area contributed by atoms with Gasteiger partial charge in [-0.1, -0.05) is 6.92 Å². The zero-order valence-electron chi connectivity index (χ0n) is 6.06. The Bertz CT molecular complexity index is 102. The molecule has 3 fully saturated rings. The Hall–Kier alpha value is -0.0400. The van der Waals surface area contributed by atoms with E-state index in [1.54, 1.807) is 0 Å². The summed E-state index contributed by atoms with van der Waals surface area (Å²) >= 11 is 0. The second-order valence-electron chi connectivity index (χ2n) is 3.52. The molecule has 2 heterocycles. The quantitative estimate of drug-likeness (QED) is 0.558. The van der Waals surface area contributed by atoms with Gasteiger partial charge in [0.2, 0.25) is 0 Å². The van der Waals surface area contributed by atoms with Gasteiger partial charge in [0.05, 0.1) is 0 Å². The molecule has 1 heteroatoms. The molecule has 0 aromatic carbocycles. The van der Waals surface area contributed by atoms with Crippen molar-refractivity contribution in [3.05, 3.63) is 0 Å². The second kappa shape index (κ2) is 1.98. The minimum absolute atomic E-state index is 0.870. The molecule has 0 aromatic heterocycles. The van der Waals surface area contributed by atoms with Crippen molar-refractivity contribution in [2.75, 3.05) is 6.54 Å². The van der Waals surface area contributed by atoms with Crippen molar-refractivity contribution in [1.29, 1.82) is 0 Å². The van der Waals surface area contributed by atoms with Gasteiger partial charge in [0.1, 0.15) is 0 Å². The number of rotatable bonds is 1. The highest BCUT2D eigenvalue weighted by Crippen LogP contribution is 2.40. The fourth-order valence-corrected chi connectivity index (χ4v) is 2.24.